The van der Waals surface area contributed by atoms with E-state index in [0.717, 1.165) is 23.1 Å². The molecule has 1 amide bonds. The van der Waals surface area contributed by atoms with Crippen LogP contribution in [0.25, 0.3) is 16.9 Å². The maximum Gasteiger partial charge on any atom is 0.240 e. The van der Waals surface area contributed by atoms with Gasteiger partial charge in [-0.1, -0.05) is 25.2 Å². The van der Waals surface area contributed by atoms with Gasteiger partial charge in [0.25, 0.3) is 0 Å². The van der Waals surface area contributed by atoms with Crippen molar-refractivity contribution in [3.05, 3.63) is 54.6 Å². The number of rotatable bonds is 10. The molecule has 1 atom stereocenters. The third-order valence-electron chi connectivity index (χ3n) is 4.80. The minimum absolute atomic E-state index is 0.242. The van der Waals surface area contributed by atoms with Crippen molar-refractivity contribution in [2.45, 2.75) is 33.2 Å². The molecule has 0 bridgehead atoms. The third-order valence-corrected chi connectivity index (χ3v) is 4.80. The first-order chi connectivity index (χ1) is 16.2. The highest BCUT2D eigenvalue weighted by Gasteiger charge is 2.19. The first-order valence-electron chi connectivity index (χ1n) is 10.6. The zero-order valence-electron chi connectivity index (χ0n) is 21.0. The minimum Gasteiger partial charge on any atom is -0.495 e. The maximum atomic E-state index is 11.1. The van der Waals surface area contributed by atoms with Gasteiger partial charge in [0, 0.05) is 11.1 Å². The second-order valence-corrected chi connectivity index (χ2v) is 7.12. The Labute approximate surface area is 201 Å². The highest BCUT2D eigenvalue weighted by Crippen LogP contribution is 2.42. The van der Waals surface area contributed by atoms with Crippen LogP contribution in [-0.2, 0) is 9.53 Å². The molecule has 1 aromatic heterocycles. The lowest BCUT2D eigenvalue weighted by Gasteiger charge is -2.13. The molecule has 2 rings (SSSR count). The van der Waals surface area contributed by atoms with Crippen LogP contribution in [0, 0.1) is 0 Å². The molecule has 0 spiro atoms. The van der Waals surface area contributed by atoms with E-state index in [0.29, 0.717) is 34.5 Å². The van der Waals surface area contributed by atoms with Gasteiger partial charge in [-0.2, -0.15) is 0 Å². The molecule has 0 saturated carbocycles. The van der Waals surface area contributed by atoms with Gasteiger partial charge in [-0.05, 0) is 44.1 Å². The summed E-state index contributed by atoms with van der Waals surface area (Å²) in [5, 5.41) is 6.47. The van der Waals surface area contributed by atoms with E-state index >= 15 is 0 Å². The lowest BCUT2D eigenvalue weighted by Crippen LogP contribution is -2.37. The van der Waals surface area contributed by atoms with Crippen LogP contribution < -0.4 is 25.3 Å². The highest BCUT2D eigenvalue weighted by atomic mass is 16.5. The Balaban J connectivity index is 0.000000385. The summed E-state index contributed by atoms with van der Waals surface area (Å²) in [6.45, 7) is 12.9. The summed E-state index contributed by atoms with van der Waals surface area (Å²) in [5.74, 6) is 2.61. The van der Waals surface area contributed by atoms with E-state index in [1.54, 1.807) is 41.4 Å². The van der Waals surface area contributed by atoms with Crippen molar-refractivity contribution < 1.29 is 28.3 Å². The van der Waals surface area contributed by atoms with Crippen LogP contribution >= 0.6 is 0 Å². The molecule has 0 radical (unpaired) electrons. The van der Waals surface area contributed by atoms with Crippen LogP contribution in [0.4, 0.5) is 0 Å². The van der Waals surface area contributed by atoms with Crippen molar-refractivity contribution in [1.82, 2.24) is 10.5 Å². The molecule has 9 heteroatoms. The van der Waals surface area contributed by atoms with E-state index in [2.05, 4.69) is 23.6 Å². The van der Waals surface area contributed by atoms with E-state index in [4.69, 9.17) is 29.2 Å². The molecule has 1 unspecified atom stereocenters. The van der Waals surface area contributed by atoms with Gasteiger partial charge in [0.1, 0.15) is 5.76 Å². The Morgan fingerprint density at radius 2 is 1.79 bits per heavy atom. The Bertz CT molecular complexity index is 998. The molecule has 1 aromatic carbocycles. The van der Waals surface area contributed by atoms with Crippen molar-refractivity contribution in [2.75, 3.05) is 28.4 Å². The van der Waals surface area contributed by atoms with Crippen LogP contribution in [0.2, 0.25) is 0 Å². The fourth-order valence-electron chi connectivity index (χ4n) is 2.85. The second kappa shape index (κ2) is 13.7. The van der Waals surface area contributed by atoms with Crippen molar-refractivity contribution in [3.8, 4) is 28.6 Å². The summed E-state index contributed by atoms with van der Waals surface area (Å²) in [5.41, 5.74) is 8.61. The number of methoxy groups -OCH3 is 4. The predicted octanol–water partition coefficient (Wildman–Crippen LogP) is 4.30. The van der Waals surface area contributed by atoms with Gasteiger partial charge >= 0.3 is 0 Å². The summed E-state index contributed by atoms with van der Waals surface area (Å²) < 4.78 is 26.4. The number of nitrogens with zero attached hydrogens (tertiary/aromatic N) is 1. The first kappa shape index (κ1) is 28.3. The SMILES string of the molecule is C=C(CC)c1cnoc1-c1cc(OC)c(OC)c(OC)c1.C=C/C(OC)=C(\C)NC(=O)C(C)N. The molecule has 0 aliphatic rings. The lowest BCUT2D eigenvalue weighted by molar-refractivity contribution is -0.121. The van der Waals surface area contributed by atoms with Crippen LogP contribution in [0.3, 0.4) is 0 Å². The Morgan fingerprint density at radius 3 is 2.21 bits per heavy atom. The van der Waals surface area contributed by atoms with E-state index in [1.165, 1.54) is 13.2 Å². The van der Waals surface area contributed by atoms with Crippen LogP contribution in [0.15, 0.2) is 53.5 Å². The summed E-state index contributed by atoms with van der Waals surface area (Å²) in [6, 6.07) is 3.13. The molecule has 186 valence electrons. The van der Waals surface area contributed by atoms with Crippen LogP contribution in [-0.4, -0.2) is 45.5 Å². The first-order valence-corrected chi connectivity index (χ1v) is 10.6. The molecule has 0 saturated heterocycles. The number of nitrogens with two attached hydrogens (primary N) is 1. The average Bonchev–Trinajstić information content (AvgIpc) is 3.33. The zero-order chi connectivity index (χ0) is 25.8. The summed E-state index contributed by atoms with van der Waals surface area (Å²) in [7, 11) is 6.23. The topological polar surface area (TPSA) is 118 Å². The van der Waals surface area contributed by atoms with Crippen molar-refractivity contribution in [3.63, 3.8) is 0 Å². The number of hydrogen-bond acceptors (Lipinski definition) is 8. The van der Waals surface area contributed by atoms with E-state index in [-0.39, 0.29) is 5.91 Å². The highest BCUT2D eigenvalue weighted by molar-refractivity contribution is 5.82. The molecule has 0 aliphatic heterocycles. The monoisotopic (exact) mass is 473 g/mol. The fraction of sp³-hybridized carbons (Fsp3) is 0.360. The Kier molecular flexibility index (Phi) is 11.4. The molecule has 3 N–H and O–H groups in total. The van der Waals surface area contributed by atoms with Gasteiger partial charge in [0.05, 0.1) is 46.4 Å². The smallest absolute Gasteiger partial charge is 0.240 e. The number of ether oxygens (including phenoxy) is 4. The predicted molar refractivity (Wildman–Crippen MR) is 133 cm³/mol. The van der Waals surface area contributed by atoms with Crippen LogP contribution in [0.1, 0.15) is 32.8 Å². The summed E-state index contributed by atoms with van der Waals surface area (Å²) in [4.78, 5) is 11.1. The summed E-state index contributed by atoms with van der Waals surface area (Å²) in [6.07, 6.45) is 4.01. The largest absolute Gasteiger partial charge is 0.495 e. The van der Waals surface area contributed by atoms with Crippen molar-refractivity contribution in [1.29, 1.82) is 0 Å². The van der Waals surface area contributed by atoms with Crippen molar-refractivity contribution in [2.24, 2.45) is 5.73 Å². The number of carbonyl (C=O) groups excluding carboxylic acids is 1. The number of amides is 1. The maximum absolute atomic E-state index is 11.1. The van der Waals surface area contributed by atoms with Gasteiger partial charge < -0.3 is 34.5 Å². The van der Waals surface area contributed by atoms with Gasteiger partial charge in [0.2, 0.25) is 11.7 Å². The van der Waals surface area contributed by atoms with E-state index in [9.17, 15) is 4.79 Å². The third kappa shape index (κ3) is 7.14. The van der Waals surface area contributed by atoms with Gasteiger partial charge in [-0.15, -0.1) is 0 Å². The number of benzene rings is 1. The van der Waals surface area contributed by atoms with Crippen LogP contribution in [0.5, 0.6) is 17.2 Å². The molecule has 0 fully saturated rings. The molecular weight excluding hydrogens is 438 g/mol. The number of carbonyl (C=O) groups is 1. The molecular formula is C25H35N3O6. The number of nitrogens with one attached hydrogen (secondary N) is 1. The molecule has 0 aliphatic carbocycles. The van der Waals surface area contributed by atoms with E-state index in [1.807, 2.05) is 19.1 Å². The molecule has 34 heavy (non-hydrogen) atoms. The number of allylic oxidation sites excluding steroid dienone is 3. The zero-order valence-corrected chi connectivity index (χ0v) is 21.0. The molecule has 9 nitrogen and oxygen atoms in total. The van der Waals surface area contributed by atoms with Gasteiger partial charge in [-0.3, -0.25) is 4.79 Å². The normalized spacial score (nSPS) is 11.8. The van der Waals surface area contributed by atoms with E-state index < -0.39 is 6.04 Å². The molecule has 1 heterocycles. The second-order valence-electron chi connectivity index (χ2n) is 7.12. The van der Waals surface area contributed by atoms with Gasteiger partial charge in [-0.25, -0.2) is 0 Å². The lowest BCUT2D eigenvalue weighted by atomic mass is 10.0. The standard InChI is InChI=1S/C16H19NO4.C9H16N2O2/c1-6-10(2)12-9-17-21-15(12)11-7-13(18-3)16(20-5)14(8-11)19-4;1-5-8(13-4)7(3)11-9(12)6(2)10/h7-9H,2,6H2,1,3-5H3;5-6H,1,10H2,2-4H3,(H,11,12)/b;8-7-. The number of hydrogen-bond donors (Lipinski definition) is 2. The Hall–Kier alpha value is -3.72. The quantitative estimate of drug-likeness (QED) is 0.387. The Morgan fingerprint density at radius 1 is 1.21 bits per heavy atom. The fourth-order valence-corrected chi connectivity index (χ4v) is 2.85. The molecule has 2 aromatic rings. The number of aromatic nitrogens is 1. The van der Waals surface area contributed by atoms with Crippen molar-refractivity contribution >= 4 is 11.5 Å². The average molecular weight is 474 g/mol. The van der Waals surface area contributed by atoms with Gasteiger partial charge in [0.15, 0.2) is 17.3 Å². The minimum atomic E-state index is -0.530. The summed E-state index contributed by atoms with van der Waals surface area (Å²) >= 11 is 0.